The molecule has 9 heteroatoms. The van der Waals surface area contributed by atoms with Crippen LogP contribution in [-0.4, -0.2) is 23.1 Å². The van der Waals surface area contributed by atoms with E-state index in [1.165, 1.54) is 5.32 Å². The molecule has 0 aliphatic rings. The average Bonchev–Trinajstić information content (AvgIpc) is 2.20. The van der Waals surface area contributed by atoms with Crippen LogP contribution in [0.4, 0.5) is 33.3 Å². The summed E-state index contributed by atoms with van der Waals surface area (Å²) in [6, 6.07) is 2.76. The van der Waals surface area contributed by atoms with Crippen LogP contribution in [0.3, 0.4) is 0 Å². The first-order valence-corrected chi connectivity index (χ1v) is 4.40. The molecule has 18 heavy (non-hydrogen) atoms. The van der Waals surface area contributed by atoms with Crippen molar-refractivity contribution in [2.24, 2.45) is 0 Å². The quantitative estimate of drug-likeness (QED) is 0.437. The maximum Gasteiger partial charge on any atom is 0.463 e. The van der Waals surface area contributed by atoms with Crippen molar-refractivity contribution in [3.63, 3.8) is 0 Å². The van der Waals surface area contributed by atoms with Crippen molar-refractivity contribution in [2.45, 2.75) is 12.1 Å². The summed E-state index contributed by atoms with van der Waals surface area (Å²) in [5.41, 5.74) is 4.42. The molecular formula is C9H7F5N2O2. The van der Waals surface area contributed by atoms with Gasteiger partial charge >= 0.3 is 18.0 Å². The second kappa shape index (κ2) is 4.31. The van der Waals surface area contributed by atoms with Crippen LogP contribution in [0.1, 0.15) is 0 Å². The minimum atomic E-state index is -6.00. The molecule has 0 aliphatic heterocycles. The molecule has 0 bridgehead atoms. The van der Waals surface area contributed by atoms with Gasteiger partial charge in [0.2, 0.25) is 0 Å². The van der Waals surface area contributed by atoms with Crippen molar-refractivity contribution in [2.75, 3.05) is 11.1 Å². The maximum absolute atomic E-state index is 12.6. The fourth-order valence-corrected chi connectivity index (χ4v) is 0.993. The number of rotatable bonds is 2. The van der Waals surface area contributed by atoms with E-state index >= 15 is 0 Å². The Balaban J connectivity index is 2.95. The smallest absolute Gasteiger partial charge is 0.463 e. The lowest BCUT2D eigenvalue weighted by atomic mass is 10.2. The van der Waals surface area contributed by atoms with Crippen molar-refractivity contribution in [3.05, 3.63) is 18.2 Å². The summed E-state index contributed by atoms with van der Waals surface area (Å²) in [7, 11) is 0. The Bertz CT molecular complexity index is 473. The summed E-state index contributed by atoms with van der Waals surface area (Å²) in [6.07, 6.45) is -6.00. The Kier molecular flexibility index (Phi) is 3.36. The van der Waals surface area contributed by atoms with E-state index in [0.29, 0.717) is 0 Å². The Morgan fingerprint density at radius 1 is 1.22 bits per heavy atom. The van der Waals surface area contributed by atoms with Crippen molar-refractivity contribution in [1.29, 1.82) is 0 Å². The first-order valence-electron chi connectivity index (χ1n) is 4.40. The predicted molar refractivity (Wildman–Crippen MR) is 52.2 cm³/mol. The number of hydrogen-bond donors (Lipinski definition) is 3. The van der Waals surface area contributed by atoms with E-state index < -0.39 is 23.7 Å². The number of amides is 1. The minimum Gasteiger partial charge on any atom is -0.508 e. The van der Waals surface area contributed by atoms with Gasteiger partial charge in [0, 0.05) is 6.07 Å². The zero-order chi connectivity index (χ0) is 14.1. The number of anilines is 2. The van der Waals surface area contributed by atoms with E-state index in [0.717, 1.165) is 18.2 Å². The SMILES string of the molecule is Nc1cc(O)ccc1NC(=O)C(F)(F)C(F)(F)F. The van der Waals surface area contributed by atoms with Crippen LogP contribution in [0.15, 0.2) is 18.2 Å². The van der Waals surface area contributed by atoms with Crippen molar-refractivity contribution in [1.82, 2.24) is 0 Å². The molecule has 4 nitrogen and oxygen atoms in total. The number of carbonyl (C=O) groups excluding carboxylic acids is 1. The van der Waals surface area contributed by atoms with Gasteiger partial charge in [-0.15, -0.1) is 0 Å². The number of phenolic OH excluding ortho intramolecular Hbond substituents is 1. The van der Waals surface area contributed by atoms with E-state index in [4.69, 9.17) is 10.8 Å². The lowest BCUT2D eigenvalue weighted by Gasteiger charge is -2.19. The largest absolute Gasteiger partial charge is 0.508 e. The highest BCUT2D eigenvalue weighted by Crippen LogP contribution is 2.36. The number of nitrogens with two attached hydrogens (primary N) is 1. The second-order valence-corrected chi connectivity index (χ2v) is 3.30. The highest BCUT2D eigenvalue weighted by molar-refractivity contribution is 5.99. The van der Waals surface area contributed by atoms with Crippen molar-refractivity contribution >= 4 is 17.3 Å². The molecule has 0 aromatic heterocycles. The molecule has 0 saturated heterocycles. The molecular weight excluding hydrogens is 263 g/mol. The Hall–Kier alpha value is -2.06. The third-order valence-corrected chi connectivity index (χ3v) is 1.92. The fourth-order valence-electron chi connectivity index (χ4n) is 0.993. The number of halogens is 5. The molecule has 0 radical (unpaired) electrons. The van der Waals surface area contributed by atoms with Gasteiger partial charge < -0.3 is 16.2 Å². The molecule has 1 aromatic rings. The van der Waals surface area contributed by atoms with Gasteiger partial charge in [-0.1, -0.05) is 0 Å². The van der Waals surface area contributed by atoms with Gasteiger partial charge in [-0.05, 0) is 12.1 Å². The van der Waals surface area contributed by atoms with Crippen LogP contribution in [0.2, 0.25) is 0 Å². The van der Waals surface area contributed by atoms with Crippen LogP contribution in [0.25, 0.3) is 0 Å². The van der Waals surface area contributed by atoms with Gasteiger partial charge in [-0.2, -0.15) is 22.0 Å². The van der Waals surface area contributed by atoms with Crippen LogP contribution in [-0.2, 0) is 4.79 Å². The number of alkyl halides is 5. The molecule has 1 aromatic carbocycles. The zero-order valence-electron chi connectivity index (χ0n) is 8.55. The maximum atomic E-state index is 12.6. The van der Waals surface area contributed by atoms with Gasteiger partial charge in [0.25, 0.3) is 0 Å². The van der Waals surface area contributed by atoms with E-state index in [1.807, 2.05) is 0 Å². The number of phenols is 1. The molecule has 1 amide bonds. The third kappa shape index (κ3) is 2.60. The first-order chi connectivity index (χ1) is 8.05. The van der Waals surface area contributed by atoms with Gasteiger partial charge in [0.1, 0.15) is 5.75 Å². The standard InChI is InChI=1S/C9H7F5N2O2/c10-8(11,9(12,13)14)7(18)16-6-2-1-4(17)3-5(6)15/h1-3,17H,15H2,(H,16,18). The first kappa shape index (κ1) is 14.0. The Labute approximate surface area is 97.2 Å². The second-order valence-electron chi connectivity index (χ2n) is 3.30. The fraction of sp³-hybridized carbons (Fsp3) is 0.222. The van der Waals surface area contributed by atoms with Crippen LogP contribution in [0.5, 0.6) is 5.75 Å². The average molecular weight is 270 g/mol. The molecule has 1 rings (SSSR count). The molecule has 0 aliphatic carbocycles. The topological polar surface area (TPSA) is 75.3 Å². The van der Waals surface area contributed by atoms with E-state index in [2.05, 4.69) is 0 Å². The molecule has 0 unspecified atom stereocenters. The van der Waals surface area contributed by atoms with Crippen molar-refractivity contribution < 1.29 is 31.9 Å². The van der Waals surface area contributed by atoms with Gasteiger partial charge in [-0.3, -0.25) is 4.79 Å². The Morgan fingerprint density at radius 3 is 2.22 bits per heavy atom. The summed E-state index contributed by atoms with van der Waals surface area (Å²) in [6.45, 7) is 0. The molecule has 100 valence electrons. The summed E-state index contributed by atoms with van der Waals surface area (Å²) in [4.78, 5) is 10.8. The highest BCUT2D eigenvalue weighted by atomic mass is 19.4. The monoisotopic (exact) mass is 270 g/mol. The normalized spacial score (nSPS) is 12.3. The number of aromatic hydroxyl groups is 1. The lowest BCUT2D eigenvalue weighted by molar-refractivity contribution is -0.267. The number of benzene rings is 1. The molecule has 0 spiro atoms. The predicted octanol–water partition coefficient (Wildman–Crippen LogP) is 2.11. The number of hydrogen-bond acceptors (Lipinski definition) is 3. The number of carbonyl (C=O) groups is 1. The number of nitrogen functional groups attached to an aromatic ring is 1. The summed E-state index contributed by atoms with van der Waals surface area (Å²) >= 11 is 0. The molecule has 0 heterocycles. The van der Waals surface area contributed by atoms with Crippen LogP contribution in [0, 0.1) is 0 Å². The molecule has 0 saturated carbocycles. The summed E-state index contributed by atoms with van der Waals surface area (Å²) < 4.78 is 60.8. The van der Waals surface area contributed by atoms with E-state index in [-0.39, 0.29) is 11.4 Å². The molecule has 0 atom stereocenters. The molecule has 4 N–H and O–H groups in total. The van der Waals surface area contributed by atoms with E-state index in [9.17, 15) is 26.7 Å². The summed E-state index contributed by atoms with van der Waals surface area (Å²) in [5.74, 6) is -8.40. The number of nitrogens with one attached hydrogen (secondary N) is 1. The van der Waals surface area contributed by atoms with Gasteiger partial charge in [0.15, 0.2) is 0 Å². The van der Waals surface area contributed by atoms with Crippen LogP contribution < -0.4 is 11.1 Å². The third-order valence-electron chi connectivity index (χ3n) is 1.92. The zero-order valence-corrected chi connectivity index (χ0v) is 8.55. The van der Waals surface area contributed by atoms with Gasteiger partial charge in [0.05, 0.1) is 11.4 Å². The highest BCUT2D eigenvalue weighted by Gasteiger charge is 2.63. The minimum absolute atomic E-state index is 0.326. The lowest BCUT2D eigenvalue weighted by Crippen LogP contribution is -2.47. The molecule has 0 fully saturated rings. The van der Waals surface area contributed by atoms with Crippen molar-refractivity contribution in [3.8, 4) is 5.75 Å². The summed E-state index contributed by atoms with van der Waals surface area (Å²) in [5, 5.41) is 10.3. The van der Waals surface area contributed by atoms with Gasteiger partial charge in [-0.25, -0.2) is 0 Å². The van der Waals surface area contributed by atoms with E-state index in [1.54, 1.807) is 0 Å². The van der Waals surface area contributed by atoms with Crippen LogP contribution >= 0.6 is 0 Å². The Morgan fingerprint density at radius 2 is 1.78 bits per heavy atom.